The topological polar surface area (TPSA) is 32.5 Å². The van der Waals surface area contributed by atoms with E-state index >= 15 is 0 Å². The quantitative estimate of drug-likeness (QED) is 0.875. The number of anilines is 2. The van der Waals surface area contributed by atoms with E-state index in [-0.39, 0.29) is 0 Å². The van der Waals surface area contributed by atoms with E-state index in [1.54, 1.807) is 0 Å². The first-order chi connectivity index (χ1) is 10.3. The van der Waals surface area contributed by atoms with Gasteiger partial charge in [0.2, 0.25) is 0 Å². The van der Waals surface area contributed by atoms with Gasteiger partial charge in [0.05, 0.1) is 0 Å². The van der Waals surface area contributed by atoms with Crippen molar-refractivity contribution in [3.05, 3.63) is 60.2 Å². The number of piperazine rings is 1. The molecule has 0 atom stereocenters. The highest BCUT2D eigenvalue weighted by molar-refractivity contribution is 5.46. The molecule has 0 saturated carbocycles. The van der Waals surface area contributed by atoms with Crippen molar-refractivity contribution in [2.75, 3.05) is 43.4 Å². The lowest BCUT2D eigenvalue weighted by Crippen LogP contribution is -2.46. The van der Waals surface area contributed by atoms with E-state index in [2.05, 4.69) is 52.3 Å². The van der Waals surface area contributed by atoms with Gasteiger partial charge in [-0.1, -0.05) is 30.3 Å². The molecule has 2 aromatic carbocycles. The van der Waals surface area contributed by atoms with E-state index in [1.807, 2.05) is 12.1 Å². The van der Waals surface area contributed by atoms with E-state index in [0.717, 1.165) is 44.8 Å². The minimum Gasteiger partial charge on any atom is -0.399 e. The van der Waals surface area contributed by atoms with Crippen molar-refractivity contribution in [1.29, 1.82) is 0 Å². The van der Waals surface area contributed by atoms with Crippen molar-refractivity contribution in [3.8, 4) is 0 Å². The van der Waals surface area contributed by atoms with Crippen LogP contribution < -0.4 is 10.6 Å². The Balaban J connectivity index is 1.47. The zero-order valence-electron chi connectivity index (χ0n) is 12.4. The molecule has 0 bridgehead atoms. The van der Waals surface area contributed by atoms with Crippen LogP contribution in [-0.4, -0.2) is 37.6 Å². The molecule has 1 heterocycles. The molecule has 21 heavy (non-hydrogen) atoms. The van der Waals surface area contributed by atoms with Crippen LogP contribution in [0.5, 0.6) is 0 Å². The lowest BCUT2D eigenvalue weighted by molar-refractivity contribution is 0.261. The summed E-state index contributed by atoms with van der Waals surface area (Å²) >= 11 is 0. The molecule has 2 aromatic rings. The fourth-order valence-electron chi connectivity index (χ4n) is 2.84. The maximum absolute atomic E-state index is 5.72. The zero-order chi connectivity index (χ0) is 14.5. The molecule has 110 valence electrons. The van der Waals surface area contributed by atoms with E-state index < -0.39 is 0 Å². The second-order valence-electron chi connectivity index (χ2n) is 5.66. The third kappa shape index (κ3) is 3.76. The van der Waals surface area contributed by atoms with E-state index in [9.17, 15) is 0 Å². The van der Waals surface area contributed by atoms with Crippen molar-refractivity contribution in [2.24, 2.45) is 0 Å². The van der Waals surface area contributed by atoms with Crippen molar-refractivity contribution in [1.82, 2.24) is 4.90 Å². The third-order valence-electron chi connectivity index (χ3n) is 4.19. The summed E-state index contributed by atoms with van der Waals surface area (Å²) in [6.45, 7) is 5.65. The Kier molecular flexibility index (Phi) is 4.41. The van der Waals surface area contributed by atoms with Crippen molar-refractivity contribution >= 4 is 11.4 Å². The zero-order valence-corrected chi connectivity index (χ0v) is 12.4. The number of benzene rings is 2. The Morgan fingerprint density at radius 1 is 0.810 bits per heavy atom. The summed E-state index contributed by atoms with van der Waals surface area (Å²) < 4.78 is 0. The normalized spacial score (nSPS) is 16.1. The molecular weight excluding hydrogens is 258 g/mol. The smallest absolute Gasteiger partial charge is 0.0367 e. The molecule has 3 rings (SSSR count). The fraction of sp³-hybridized carbons (Fsp3) is 0.333. The predicted octanol–water partition coefficient (Wildman–Crippen LogP) is 2.63. The molecule has 2 N–H and O–H groups in total. The number of nitrogen functional groups attached to an aromatic ring is 1. The Morgan fingerprint density at radius 3 is 2.14 bits per heavy atom. The van der Waals surface area contributed by atoms with Crippen LogP contribution in [0, 0.1) is 0 Å². The van der Waals surface area contributed by atoms with Gasteiger partial charge >= 0.3 is 0 Å². The first-order valence-corrected chi connectivity index (χ1v) is 7.68. The molecule has 1 aliphatic rings. The van der Waals surface area contributed by atoms with Gasteiger partial charge in [0, 0.05) is 44.1 Å². The van der Waals surface area contributed by atoms with Gasteiger partial charge in [0.25, 0.3) is 0 Å². The van der Waals surface area contributed by atoms with Gasteiger partial charge in [-0.2, -0.15) is 0 Å². The van der Waals surface area contributed by atoms with E-state index in [1.165, 1.54) is 11.3 Å². The molecule has 0 aliphatic carbocycles. The second kappa shape index (κ2) is 6.64. The summed E-state index contributed by atoms with van der Waals surface area (Å²) in [4.78, 5) is 5.02. The summed E-state index contributed by atoms with van der Waals surface area (Å²) in [6.07, 6.45) is 1.10. The first-order valence-electron chi connectivity index (χ1n) is 7.68. The maximum atomic E-state index is 5.72. The minimum absolute atomic E-state index is 0.843. The number of rotatable bonds is 4. The summed E-state index contributed by atoms with van der Waals surface area (Å²) in [5.41, 5.74) is 9.28. The van der Waals surface area contributed by atoms with Gasteiger partial charge in [-0.3, -0.25) is 4.90 Å². The first kappa shape index (κ1) is 14.0. The van der Waals surface area contributed by atoms with Gasteiger partial charge in [0.15, 0.2) is 0 Å². The van der Waals surface area contributed by atoms with Crippen LogP contribution in [0.15, 0.2) is 54.6 Å². The van der Waals surface area contributed by atoms with Crippen molar-refractivity contribution < 1.29 is 0 Å². The Labute approximate surface area is 127 Å². The van der Waals surface area contributed by atoms with Crippen LogP contribution in [-0.2, 0) is 6.42 Å². The van der Waals surface area contributed by atoms with Crippen LogP contribution >= 0.6 is 0 Å². The largest absolute Gasteiger partial charge is 0.399 e. The molecular formula is C18H23N3. The van der Waals surface area contributed by atoms with Gasteiger partial charge in [-0.05, 0) is 36.2 Å². The van der Waals surface area contributed by atoms with Crippen LogP contribution in [0.4, 0.5) is 11.4 Å². The van der Waals surface area contributed by atoms with Crippen molar-refractivity contribution in [2.45, 2.75) is 6.42 Å². The molecule has 1 fully saturated rings. The number of nitrogens with two attached hydrogens (primary N) is 1. The molecule has 0 spiro atoms. The molecule has 3 nitrogen and oxygen atoms in total. The lowest BCUT2D eigenvalue weighted by Gasteiger charge is -2.36. The van der Waals surface area contributed by atoms with Crippen molar-refractivity contribution in [3.63, 3.8) is 0 Å². The highest BCUT2D eigenvalue weighted by Gasteiger charge is 2.16. The van der Waals surface area contributed by atoms with Gasteiger partial charge < -0.3 is 10.6 Å². The molecule has 3 heteroatoms. The highest BCUT2D eigenvalue weighted by Crippen LogP contribution is 2.16. The minimum atomic E-state index is 0.843. The Morgan fingerprint density at radius 2 is 1.48 bits per heavy atom. The van der Waals surface area contributed by atoms with Crippen LogP contribution in [0.25, 0.3) is 0 Å². The molecule has 0 amide bonds. The maximum Gasteiger partial charge on any atom is 0.0367 e. The summed E-state index contributed by atoms with van der Waals surface area (Å²) in [5, 5.41) is 0. The van der Waals surface area contributed by atoms with E-state index in [4.69, 9.17) is 5.73 Å². The number of hydrogen-bond donors (Lipinski definition) is 1. The Hall–Kier alpha value is -2.00. The van der Waals surface area contributed by atoms with Crippen LogP contribution in [0.2, 0.25) is 0 Å². The molecule has 1 saturated heterocycles. The third-order valence-corrected chi connectivity index (χ3v) is 4.19. The fourth-order valence-corrected chi connectivity index (χ4v) is 2.84. The summed E-state index contributed by atoms with van der Waals surface area (Å²) in [6, 6.07) is 18.9. The van der Waals surface area contributed by atoms with E-state index in [0.29, 0.717) is 0 Å². The second-order valence-corrected chi connectivity index (χ2v) is 5.66. The highest BCUT2D eigenvalue weighted by atomic mass is 15.3. The monoisotopic (exact) mass is 281 g/mol. The number of para-hydroxylation sites is 1. The standard InChI is InChI=1S/C18H23N3/c19-17-8-6-16(7-9-17)10-11-20-12-14-21(15-13-20)18-4-2-1-3-5-18/h1-9H,10-15,19H2. The molecule has 0 unspecified atom stereocenters. The van der Waals surface area contributed by atoms with Gasteiger partial charge in [0.1, 0.15) is 0 Å². The Bertz CT molecular complexity index is 542. The SMILES string of the molecule is Nc1ccc(CCN2CCN(c3ccccc3)CC2)cc1. The van der Waals surface area contributed by atoms with Gasteiger partial charge in [-0.25, -0.2) is 0 Å². The number of hydrogen-bond acceptors (Lipinski definition) is 3. The molecule has 1 aliphatic heterocycles. The average Bonchev–Trinajstić information content (AvgIpc) is 2.56. The predicted molar refractivity (Wildman–Crippen MR) is 89.7 cm³/mol. The van der Waals surface area contributed by atoms with Crippen LogP contribution in [0.1, 0.15) is 5.56 Å². The average molecular weight is 281 g/mol. The lowest BCUT2D eigenvalue weighted by atomic mass is 10.1. The molecule has 0 radical (unpaired) electrons. The summed E-state index contributed by atoms with van der Waals surface area (Å²) in [5.74, 6) is 0. The molecule has 0 aromatic heterocycles. The number of nitrogens with zero attached hydrogens (tertiary/aromatic N) is 2. The van der Waals surface area contributed by atoms with Gasteiger partial charge in [-0.15, -0.1) is 0 Å². The summed E-state index contributed by atoms with van der Waals surface area (Å²) in [7, 11) is 0. The van der Waals surface area contributed by atoms with Crippen LogP contribution in [0.3, 0.4) is 0 Å².